The van der Waals surface area contributed by atoms with Crippen LogP contribution >= 0.6 is 23.2 Å². The van der Waals surface area contributed by atoms with Crippen LogP contribution in [0.1, 0.15) is 17.5 Å². The molecule has 0 aliphatic carbocycles. The Morgan fingerprint density at radius 3 is 2.46 bits per heavy atom. The molecule has 1 spiro atoms. The van der Waals surface area contributed by atoms with Crippen LogP contribution in [0.5, 0.6) is 0 Å². The first kappa shape index (κ1) is 15.9. The predicted octanol–water partition coefficient (Wildman–Crippen LogP) is 4.13. The molecule has 0 N–H and O–H groups in total. The molecule has 0 aromatic heterocycles. The van der Waals surface area contributed by atoms with Gasteiger partial charge in [-0.3, -0.25) is 4.79 Å². The van der Waals surface area contributed by atoms with Gasteiger partial charge < -0.3 is 14.4 Å². The Kier molecular flexibility index (Phi) is 4.01. The van der Waals surface area contributed by atoms with Crippen molar-refractivity contribution < 1.29 is 14.3 Å². The van der Waals surface area contributed by atoms with Gasteiger partial charge in [-0.05, 0) is 24.1 Å². The van der Waals surface area contributed by atoms with E-state index >= 15 is 0 Å². The Bertz CT molecular complexity index is 788. The van der Waals surface area contributed by atoms with Crippen molar-refractivity contribution in [3.05, 3.63) is 63.6 Å². The summed E-state index contributed by atoms with van der Waals surface area (Å²) in [6.07, 6.45) is 0.754. The molecule has 2 aromatic rings. The van der Waals surface area contributed by atoms with Gasteiger partial charge >= 0.3 is 0 Å². The number of hydrogen-bond donors (Lipinski definition) is 0. The molecule has 6 heteroatoms. The van der Waals surface area contributed by atoms with E-state index in [-0.39, 0.29) is 5.91 Å². The van der Waals surface area contributed by atoms with Gasteiger partial charge in [0, 0.05) is 5.56 Å². The van der Waals surface area contributed by atoms with E-state index in [1.807, 2.05) is 30.3 Å². The maximum Gasteiger partial charge on any atom is 0.292 e. The largest absolute Gasteiger partial charge is 0.338 e. The highest BCUT2D eigenvalue weighted by Crippen LogP contribution is 2.50. The highest BCUT2D eigenvalue weighted by atomic mass is 35.5. The van der Waals surface area contributed by atoms with Crippen molar-refractivity contribution in [2.75, 3.05) is 18.1 Å². The zero-order chi connectivity index (χ0) is 16.7. The van der Waals surface area contributed by atoms with Gasteiger partial charge in [0.2, 0.25) is 0 Å². The van der Waals surface area contributed by atoms with Crippen molar-refractivity contribution in [1.82, 2.24) is 0 Å². The minimum absolute atomic E-state index is 0.259. The molecule has 4 rings (SSSR count). The lowest BCUT2D eigenvalue weighted by molar-refractivity contribution is -0.256. The summed E-state index contributed by atoms with van der Waals surface area (Å²) >= 11 is 12.6. The van der Waals surface area contributed by atoms with Crippen molar-refractivity contribution in [3.63, 3.8) is 0 Å². The summed E-state index contributed by atoms with van der Waals surface area (Å²) in [5.74, 6) is -1.67. The summed E-state index contributed by atoms with van der Waals surface area (Å²) in [4.78, 5) is 14.8. The second-order valence-electron chi connectivity index (χ2n) is 5.80. The van der Waals surface area contributed by atoms with Gasteiger partial charge in [0.05, 0.1) is 35.5 Å². The summed E-state index contributed by atoms with van der Waals surface area (Å²) < 4.78 is 11.6. The molecule has 1 amide bonds. The van der Waals surface area contributed by atoms with Crippen LogP contribution in [0.15, 0.2) is 42.5 Å². The number of hydrogen-bond acceptors (Lipinski definition) is 3. The lowest BCUT2D eigenvalue weighted by atomic mass is 10.1. The Morgan fingerprint density at radius 2 is 1.75 bits per heavy atom. The number of rotatable bonds is 2. The third kappa shape index (κ3) is 2.33. The zero-order valence-corrected chi connectivity index (χ0v) is 14.3. The second-order valence-corrected chi connectivity index (χ2v) is 6.59. The van der Waals surface area contributed by atoms with Gasteiger partial charge in [-0.15, -0.1) is 0 Å². The molecular weight excluding hydrogens is 349 g/mol. The first-order chi connectivity index (χ1) is 11.6. The van der Waals surface area contributed by atoms with E-state index in [9.17, 15) is 4.79 Å². The van der Waals surface area contributed by atoms with E-state index in [0.717, 1.165) is 12.0 Å². The molecule has 2 aromatic carbocycles. The van der Waals surface area contributed by atoms with Crippen molar-refractivity contribution in [1.29, 1.82) is 0 Å². The van der Waals surface area contributed by atoms with Gasteiger partial charge in [0.25, 0.3) is 11.7 Å². The van der Waals surface area contributed by atoms with Gasteiger partial charge in [-0.1, -0.05) is 53.5 Å². The number of ether oxygens (including phenoxy) is 2. The smallest absolute Gasteiger partial charge is 0.292 e. The lowest BCUT2D eigenvalue weighted by Crippen LogP contribution is -2.47. The number of nitrogens with zero attached hydrogens (tertiary/aromatic N) is 1. The van der Waals surface area contributed by atoms with Crippen LogP contribution in [0.4, 0.5) is 5.69 Å². The summed E-state index contributed by atoms with van der Waals surface area (Å²) in [6.45, 7) is 1.30. The molecule has 0 radical (unpaired) electrons. The number of fused-ring (bicyclic) bond motifs is 2. The van der Waals surface area contributed by atoms with Crippen LogP contribution < -0.4 is 4.90 Å². The van der Waals surface area contributed by atoms with E-state index in [1.165, 1.54) is 0 Å². The number of carbonyl (C=O) groups is 1. The van der Waals surface area contributed by atoms with Gasteiger partial charge in [0.15, 0.2) is 0 Å². The number of benzene rings is 2. The molecule has 0 saturated carbocycles. The minimum Gasteiger partial charge on any atom is -0.338 e. The summed E-state index contributed by atoms with van der Waals surface area (Å²) in [5, 5.41) is 0.738. The molecule has 2 heterocycles. The second kappa shape index (κ2) is 6.05. The minimum atomic E-state index is -1.41. The van der Waals surface area contributed by atoms with Crippen LogP contribution in [-0.2, 0) is 26.6 Å². The molecule has 0 unspecified atom stereocenters. The Hall–Kier alpha value is -1.59. The first-order valence-corrected chi connectivity index (χ1v) is 8.51. The quantitative estimate of drug-likeness (QED) is 0.804. The standard InChI is InChI=1S/C18H15Cl2NO3/c19-14-8-7-13-16(15(14)20)21(11-12-5-2-1-3-6-12)17(22)18(13)23-9-4-10-24-18/h1-3,5-8H,4,9-11H2. The molecule has 1 saturated heterocycles. The average molecular weight is 364 g/mol. The van der Waals surface area contributed by atoms with Crippen LogP contribution in [0.2, 0.25) is 10.0 Å². The molecule has 124 valence electrons. The molecule has 0 bridgehead atoms. The topological polar surface area (TPSA) is 38.8 Å². The molecule has 24 heavy (non-hydrogen) atoms. The fourth-order valence-electron chi connectivity index (χ4n) is 3.19. The fourth-order valence-corrected chi connectivity index (χ4v) is 3.61. The van der Waals surface area contributed by atoms with Gasteiger partial charge in [-0.2, -0.15) is 0 Å². The fraction of sp³-hybridized carbons (Fsp3) is 0.278. The van der Waals surface area contributed by atoms with Crippen molar-refractivity contribution in [2.24, 2.45) is 0 Å². The van der Waals surface area contributed by atoms with Crippen LogP contribution in [0.25, 0.3) is 0 Å². The molecule has 4 nitrogen and oxygen atoms in total. The highest BCUT2D eigenvalue weighted by molar-refractivity contribution is 6.44. The van der Waals surface area contributed by atoms with Crippen LogP contribution in [-0.4, -0.2) is 19.1 Å². The maximum absolute atomic E-state index is 13.2. The third-order valence-corrected chi connectivity index (χ3v) is 5.10. The van der Waals surface area contributed by atoms with E-state index in [1.54, 1.807) is 17.0 Å². The Labute approximate surface area is 149 Å². The number of amides is 1. The normalized spacial score (nSPS) is 18.9. The van der Waals surface area contributed by atoms with Crippen molar-refractivity contribution >= 4 is 34.8 Å². The summed E-state index contributed by atoms with van der Waals surface area (Å²) in [5.41, 5.74) is 2.18. The molecular formula is C18H15Cl2NO3. The lowest BCUT2D eigenvalue weighted by Gasteiger charge is -2.32. The van der Waals surface area contributed by atoms with Crippen LogP contribution in [0, 0.1) is 0 Å². The summed E-state index contributed by atoms with van der Waals surface area (Å²) in [6, 6.07) is 13.1. The Balaban J connectivity index is 1.84. The van der Waals surface area contributed by atoms with E-state index in [0.29, 0.717) is 41.1 Å². The first-order valence-electron chi connectivity index (χ1n) is 7.76. The van der Waals surface area contributed by atoms with E-state index < -0.39 is 5.79 Å². The van der Waals surface area contributed by atoms with Gasteiger partial charge in [-0.25, -0.2) is 0 Å². The van der Waals surface area contributed by atoms with Gasteiger partial charge in [0.1, 0.15) is 0 Å². The number of anilines is 1. The third-order valence-electron chi connectivity index (χ3n) is 4.30. The monoisotopic (exact) mass is 363 g/mol. The van der Waals surface area contributed by atoms with Crippen molar-refractivity contribution in [2.45, 2.75) is 18.8 Å². The number of halogens is 2. The molecule has 0 atom stereocenters. The average Bonchev–Trinajstić information content (AvgIpc) is 2.83. The SMILES string of the molecule is O=C1N(Cc2ccccc2)c2c(ccc(Cl)c2Cl)C12OCCCO2. The van der Waals surface area contributed by atoms with Crippen LogP contribution in [0.3, 0.4) is 0 Å². The summed E-state index contributed by atoms with van der Waals surface area (Å²) in [7, 11) is 0. The molecule has 1 fully saturated rings. The van der Waals surface area contributed by atoms with E-state index in [4.69, 9.17) is 32.7 Å². The van der Waals surface area contributed by atoms with Crippen molar-refractivity contribution in [3.8, 4) is 0 Å². The zero-order valence-electron chi connectivity index (χ0n) is 12.8. The number of carbonyl (C=O) groups excluding carboxylic acids is 1. The Morgan fingerprint density at radius 1 is 1.04 bits per heavy atom. The molecule has 2 aliphatic heterocycles. The molecule has 2 aliphatic rings. The highest BCUT2D eigenvalue weighted by Gasteiger charge is 2.55. The van der Waals surface area contributed by atoms with E-state index in [2.05, 4.69) is 0 Å². The predicted molar refractivity (Wildman–Crippen MR) is 92.3 cm³/mol. The maximum atomic E-state index is 13.2.